The molecule has 1 rings (SSSR count). The Morgan fingerprint density at radius 2 is 2.30 bits per heavy atom. The number of aryl methyl sites for hydroxylation is 1. The largest absolute Gasteiger partial charge is 0.427 e. The number of nitrogens with one attached hydrogen (secondary N) is 1. The van der Waals surface area contributed by atoms with E-state index in [4.69, 9.17) is 10.6 Å². The van der Waals surface area contributed by atoms with Gasteiger partial charge < -0.3 is 5.21 Å². The fourth-order valence-electron chi connectivity index (χ4n) is 0.675. The zero-order valence-corrected chi connectivity index (χ0v) is 7.01. The molecule has 1 aromatic rings. The third-order valence-corrected chi connectivity index (χ3v) is 1.64. The van der Waals surface area contributed by atoms with Crippen LogP contribution in [0.25, 0.3) is 0 Å². The van der Waals surface area contributed by atoms with Crippen molar-refractivity contribution in [2.45, 2.75) is 6.92 Å². The number of nitrogens with zero attached hydrogens (tertiary/aromatic N) is 1. The van der Waals surface area contributed by atoms with Gasteiger partial charge in [0.15, 0.2) is 5.49 Å². The zero-order valence-electron chi connectivity index (χ0n) is 5.43. The molecule has 2 N–H and O–H groups in total. The van der Waals surface area contributed by atoms with Crippen molar-refractivity contribution in [1.29, 1.82) is 5.41 Å². The monoisotopic (exact) mass is 202 g/mol. The molecule has 0 saturated carbocycles. The molecule has 0 aliphatic heterocycles. The molecular formula is C6H7BrN2O. The van der Waals surface area contributed by atoms with Crippen molar-refractivity contribution in [3.05, 3.63) is 27.8 Å². The average Bonchev–Trinajstić information content (AvgIpc) is 1.82. The van der Waals surface area contributed by atoms with Crippen molar-refractivity contribution in [2.75, 3.05) is 0 Å². The molecule has 1 aromatic heterocycles. The second-order valence-electron chi connectivity index (χ2n) is 2.03. The second-order valence-corrected chi connectivity index (χ2v) is 2.95. The Morgan fingerprint density at radius 1 is 1.70 bits per heavy atom. The van der Waals surface area contributed by atoms with Crippen LogP contribution >= 0.6 is 15.9 Å². The predicted molar refractivity (Wildman–Crippen MR) is 39.9 cm³/mol. The fraction of sp³-hybridized carbons (Fsp3) is 0.167. The summed E-state index contributed by atoms with van der Waals surface area (Å²) in [5, 5.41) is 16.2. The molecule has 0 radical (unpaired) electrons. The van der Waals surface area contributed by atoms with Gasteiger partial charge in [0.2, 0.25) is 0 Å². The molecule has 0 saturated heterocycles. The van der Waals surface area contributed by atoms with Gasteiger partial charge in [-0.05, 0) is 34.5 Å². The van der Waals surface area contributed by atoms with Gasteiger partial charge in [0.05, 0.1) is 6.20 Å². The van der Waals surface area contributed by atoms with E-state index in [1.165, 1.54) is 6.20 Å². The predicted octanol–water partition coefficient (Wildman–Crippen LogP) is 1.28. The molecule has 0 atom stereocenters. The van der Waals surface area contributed by atoms with Crippen LogP contribution in [0.5, 0.6) is 0 Å². The van der Waals surface area contributed by atoms with Crippen LogP contribution in [0.2, 0.25) is 0 Å². The average molecular weight is 203 g/mol. The summed E-state index contributed by atoms with van der Waals surface area (Å²) >= 11 is 3.18. The SMILES string of the molecule is Cc1cc(Br)cn(O)c1=N. The van der Waals surface area contributed by atoms with Gasteiger partial charge in [-0.25, -0.2) is 0 Å². The first kappa shape index (κ1) is 7.34. The maximum atomic E-state index is 8.98. The smallest absolute Gasteiger partial charge is 0.163 e. The molecule has 1 heterocycles. The van der Waals surface area contributed by atoms with E-state index in [1.807, 2.05) is 0 Å². The summed E-state index contributed by atoms with van der Waals surface area (Å²) in [6.45, 7) is 1.76. The van der Waals surface area contributed by atoms with E-state index in [-0.39, 0.29) is 5.49 Å². The van der Waals surface area contributed by atoms with Crippen molar-refractivity contribution in [2.24, 2.45) is 0 Å². The molecular weight excluding hydrogens is 196 g/mol. The van der Waals surface area contributed by atoms with Gasteiger partial charge in [-0.3, -0.25) is 5.41 Å². The van der Waals surface area contributed by atoms with Crippen molar-refractivity contribution in [3.8, 4) is 0 Å². The molecule has 3 nitrogen and oxygen atoms in total. The van der Waals surface area contributed by atoms with Crippen molar-refractivity contribution in [1.82, 2.24) is 4.73 Å². The summed E-state index contributed by atoms with van der Waals surface area (Å²) in [5.74, 6) is 0. The minimum atomic E-state index is 0.114. The van der Waals surface area contributed by atoms with Crippen LogP contribution in [-0.4, -0.2) is 9.94 Å². The summed E-state index contributed by atoms with van der Waals surface area (Å²) in [6.07, 6.45) is 1.43. The summed E-state index contributed by atoms with van der Waals surface area (Å²) < 4.78 is 1.54. The normalized spacial score (nSPS) is 9.80. The number of hydrogen-bond acceptors (Lipinski definition) is 2. The Labute approximate surface area is 66.5 Å². The first-order valence-electron chi connectivity index (χ1n) is 2.74. The quantitative estimate of drug-likeness (QED) is 0.613. The van der Waals surface area contributed by atoms with Gasteiger partial charge in [0, 0.05) is 4.47 Å². The van der Waals surface area contributed by atoms with Gasteiger partial charge in [-0.15, -0.1) is 0 Å². The standard InChI is InChI=1S/C6H7BrN2O/c1-4-2-5(7)3-9(10)6(4)8/h2-3,8,10H,1H3. The van der Waals surface area contributed by atoms with E-state index in [1.54, 1.807) is 13.0 Å². The van der Waals surface area contributed by atoms with E-state index in [0.717, 1.165) is 14.8 Å². The first-order chi connectivity index (χ1) is 4.61. The minimum Gasteiger partial charge on any atom is -0.427 e. The van der Waals surface area contributed by atoms with Gasteiger partial charge in [0.1, 0.15) is 0 Å². The number of halogens is 1. The lowest BCUT2D eigenvalue weighted by Gasteiger charge is -1.99. The van der Waals surface area contributed by atoms with Crippen LogP contribution in [0.1, 0.15) is 5.56 Å². The first-order valence-corrected chi connectivity index (χ1v) is 3.53. The zero-order chi connectivity index (χ0) is 7.72. The van der Waals surface area contributed by atoms with Crippen LogP contribution < -0.4 is 5.49 Å². The highest BCUT2D eigenvalue weighted by atomic mass is 79.9. The number of hydrogen-bond donors (Lipinski definition) is 2. The summed E-state index contributed by atoms with van der Waals surface area (Å²) in [5.41, 5.74) is 0.847. The third kappa shape index (κ3) is 1.21. The van der Waals surface area contributed by atoms with E-state index in [0.29, 0.717) is 0 Å². The van der Waals surface area contributed by atoms with Crippen LogP contribution in [0.15, 0.2) is 16.7 Å². The molecule has 10 heavy (non-hydrogen) atoms. The van der Waals surface area contributed by atoms with Crippen LogP contribution in [0.4, 0.5) is 0 Å². The summed E-state index contributed by atoms with van der Waals surface area (Å²) in [7, 11) is 0. The molecule has 0 aromatic carbocycles. The molecule has 4 heteroatoms. The second kappa shape index (κ2) is 2.46. The van der Waals surface area contributed by atoms with E-state index >= 15 is 0 Å². The molecule has 0 bridgehead atoms. The fourth-order valence-corrected chi connectivity index (χ4v) is 1.21. The highest BCUT2D eigenvalue weighted by Crippen LogP contribution is 2.06. The van der Waals surface area contributed by atoms with Crippen molar-refractivity contribution < 1.29 is 5.21 Å². The van der Waals surface area contributed by atoms with Crippen LogP contribution in [0.3, 0.4) is 0 Å². The van der Waals surface area contributed by atoms with Crippen molar-refractivity contribution >= 4 is 15.9 Å². The molecule has 54 valence electrons. The van der Waals surface area contributed by atoms with Crippen LogP contribution in [0, 0.1) is 12.3 Å². The summed E-state index contributed by atoms with van der Waals surface area (Å²) in [4.78, 5) is 0. The van der Waals surface area contributed by atoms with E-state index < -0.39 is 0 Å². The van der Waals surface area contributed by atoms with Gasteiger partial charge in [0.25, 0.3) is 0 Å². The van der Waals surface area contributed by atoms with Crippen LogP contribution in [-0.2, 0) is 0 Å². The maximum Gasteiger partial charge on any atom is 0.163 e. The topological polar surface area (TPSA) is 49.0 Å². The van der Waals surface area contributed by atoms with Gasteiger partial charge >= 0.3 is 0 Å². The highest BCUT2D eigenvalue weighted by molar-refractivity contribution is 9.10. The van der Waals surface area contributed by atoms with Gasteiger partial charge in [-0.2, -0.15) is 4.73 Å². The lowest BCUT2D eigenvalue weighted by atomic mass is 10.3. The Morgan fingerprint density at radius 3 is 2.80 bits per heavy atom. The Balaban J connectivity index is 3.46. The van der Waals surface area contributed by atoms with E-state index in [9.17, 15) is 0 Å². The Bertz CT molecular complexity index is 279. The summed E-state index contributed by atoms with van der Waals surface area (Å²) in [6, 6.07) is 1.77. The minimum absolute atomic E-state index is 0.114. The molecule has 0 spiro atoms. The Kier molecular flexibility index (Phi) is 1.80. The molecule has 0 amide bonds. The van der Waals surface area contributed by atoms with Gasteiger partial charge in [-0.1, -0.05) is 0 Å². The number of pyridine rings is 1. The lowest BCUT2D eigenvalue weighted by Crippen LogP contribution is -2.19. The third-order valence-electron chi connectivity index (χ3n) is 1.20. The maximum absolute atomic E-state index is 8.98. The molecule has 0 aliphatic rings. The Hall–Kier alpha value is -0.770. The molecule has 0 fully saturated rings. The number of aromatic nitrogens is 1. The van der Waals surface area contributed by atoms with E-state index in [2.05, 4.69) is 15.9 Å². The molecule has 0 aliphatic carbocycles. The lowest BCUT2D eigenvalue weighted by molar-refractivity contribution is 0.169. The van der Waals surface area contributed by atoms with Crippen molar-refractivity contribution in [3.63, 3.8) is 0 Å². The molecule has 0 unspecified atom stereocenters. The highest BCUT2D eigenvalue weighted by Gasteiger charge is 1.94. The number of rotatable bonds is 0.